The second-order valence-corrected chi connectivity index (χ2v) is 9.98. The summed E-state index contributed by atoms with van der Waals surface area (Å²) in [5, 5.41) is 0.868. The first kappa shape index (κ1) is 20.0. The van der Waals surface area contributed by atoms with Crippen LogP contribution in [0.25, 0.3) is 0 Å². The van der Waals surface area contributed by atoms with Gasteiger partial charge in [0.2, 0.25) is 15.2 Å². The van der Waals surface area contributed by atoms with E-state index in [9.17, 15) is 8.42 Å². The third-order valence-corrected chi connectivity index (χ3v) is 7.70. The van der Waals surface area contributed by atoms with Crippen molar-refractivity contribution in [3.63, 3.8) is 0 Å². The molecule has 6 nitrogen and oxygen atoms in total. The van der Waals surface area contributed by atoms with Crippen molar-refractivity contribution in [3.05, 3.63) is 77.1 Å². The van der Waals surface area contributed by atoms with Crippen LogP contribution in [0.15, 0.2) is 54.6 Å². The SMILES string of the molecule is Cc1ccc(Cc2nsc(N3CCN(S(=O)(=O)Cc4ccccc4)CC3)n2)cc1. The highest BCUT2D eigenvalue weighted by molar-refractivity contribution is 7.88. The predicted molar refractivity (Wildman–Crippen MR) is 117 cm³/mol. The van der Waals surface area contributed by atoms with E-state index >= 15 is 0 Å². The zero-order valence-electron chi connectivity index (χ0n) is 16.4. The third kappa shape index (κ3) is 5.01. The molecule has 29 heavy (non-hydrogen) atoms. The Labute approximate surface area is 176 Å². The highest BCUT2D eigenvalue weighted by Crippen LogP contribution is 2.22. The summed E-state index contributed by atoms with van der Waals surface area (Å²) in [7, 11) is -3.31. The predicted octanol–water partition coefficient (Wildman–Crippen LogP) is 3.09. The van der Waals surface area contributed by atoms with Gasteiger partial charge in [0.1, 0.15) is 5.82 Å². The first-order chi connectivity index (χ1) is 14.0. The van der Waals surface area contributed by atoms with Crippen LogP contribution < -0.4 is 4.90 Å². The molecule has 3 aromatic rings. The maximum absolute atomic E-state index is 12.7. The van der Waals surface area contributed by atoms with Gasteiger partial charge in [0.25, 0.3) is 0 Å². The van der Waals surface area contributed by atoms with Gasteiger partial charge in [-0.2, -0.15) is 8.68 Å². The minimum atomic E-state index is -3.31. The first-order valence-corrected chi connectivity index (χ1v) is 12.0. The van der Waals surface area contributed by atoms with E-state index in [4.69, 9.17) is 0 Å². The number of sulfonamides is 1. The molecule has 0 radical (unpaired) electrons. The second kappa shape index (κ2) is 8.61. The Bertz CT molecular complexity index is 1040. The monoisotopic (exact) mass is 428 g/mol. The van der Waals surface area contributed by atoms with Crippen molar-refractivity contribution in [1.29, 1.82) is 0 Å². The second-order valence-electron chi connectivity index (χ2n) is 7.28. The van der Waals surface area contributed by atoms with Crippen molar-refractivity contribution >= 4 is 26.7 Å². The molecule has 1 fully saturated rings. The maximum Gasteiger partial charge on any atom is 0.218 e. The molecule has 0 spiro atoms. The lowest BCUT2D eigenvalue weighted by Gasteiger charge is -2.33. The third-order valence-electron chi connectivity index (χ3n) is 5.03. The van der Waals surface area contributed by atoms with Crippen LogP contribution >= 0.6 is 11.5 Å². The molecule has 0 saturated carbocycles. The van der Waals surface area contributed by atoms with Crippen LogP contribution in [0.4, 0.5) is 5.13 Å². The number of aromatic nitrogens is 2. The smallest absolute Gasteiger partial charge is 0.218 e. The molecular weight excluding hydrogens is 404 g/mol. The maximum atomic E-state index is 12.7. The average molecular weight is 429 g/mol. The van der Waals surface area contributed by atoms with Gasteiger partial charge in [-0.1, -0.05) is 60.2 Å². The molecule has 1 aliphatic heterocycles. The Morgan fingerprint density at radius 2 is 1.62 bits per heavy atom. The van der Waals surface area contributed by atoms with Gasteiger partial charge in [-0.05, 0) is 18.1 Å². The van der Waals surface area contributed by atoms with Crippen molar-refractivity contribution < 1.29 is 8.42 Å². The summed E-state index contributed by atoms with van der Waals surface area (Å²) >= 11 is 1.39. The van der Waals surface area contributed by atoms with Crippen LogP contribution in [-0.4, -0.2) is 48.3 Å². The van der Waals surface area contributed by atoms with Crippen LogP contribution in [0.1, 0.15) is 22.5 Å². The van der Waals surface area contributed by atoms with Gasteiger partial charge in [-0.15, -0.1) is 0 Å². The van der Waals surface area contributed by atoms with Crippen LogP contribution in [0.3, 0.4) is 0 Å². The standard InChI is InChI=1S/C21H24N4O2S2/c1-17-7-9-18(10-8-17)15-20-22-21(28-23-20)24-11-13-25(14-12-24)29(26,27)16-19-5-3-2-4-6-19/h2-10H,11-16H2,1H3. The number of nitrogens with zero attached hydrogens (tertiary/aromatic N) is 4. The Morgan fingerprint density at radius 1 is 0.931 bits per heavy atom. The Hall–Kier alpha value is -2.29. The summed E-state index contributed by atoms with van der Waals surface area (Å²) in [5.41, 5.74) is 3.25. The first-order valence-electron chi connectivity index (χ1n) is 9.64. The summed E-state index contributed by atoms with van der Waals surface area (Å²) in [6.45, 7) is 4.28. The van der Waals surface area contributed by atoms with E-state index in [0.29, 0.717) is 32.6 Å². The average Bonchev–Trinajstić information content (AvgIpc) is 3.19. The number of hydrogen-bond acceptors (Lipinski definition) is 6. The van der Waals surface area contributed by atoms with Gasteiger partial charge in [-0.3, -0.25) is 0 Å². The van der Waals surface area contributed by atoms with Crippen molar-refractivity contribution in [2.24, 2.45) is 0 Å². The molecule has 1 aliphatic rings. The largest absolute Gasteiger partial charge is 0.344 e. The molecule has 2 aromatic carbocycles. The zero-order valence-corrected chi connectivity index (χ0v) is 18.0. The lowest BCUT2D eigenvalue weighted by Crippen LogP contribution is -2.49. The van der Waals surface area contributed by atoms with E-state index in [-0.39, 0.29) is 5.75 Å². The van der Waals surface area contributed by atoms with Gasteiger partial charge in [0, 0.05) is 44.1 Å². The molecule has 0 atom stereocenters. The van der Waals surface area contributed by atoms with Crippen LogP contribution in [0, 0.1) is 6.92 Å². The normalized spacial score (nSPS) is 15.6. The minimum absolute atomic E-state index is 0.0490. The van der Waals surface area contributed by atoms with Crippen LogP contribution in [-0.2, 0) is 22.2 Å². The molecule has 152 valence electrons. The van der Waals surface area contributed by atoms with Gasteiger partial charge >= 0.3 is 0 Å². The fourth-order valence-electron chi connectivity index (χ4n) is 3.37. The van der Waals surface area contributed by atoms with E-state index in [0.717, 1.165) is 16.5 Å². The number of aryl methyl sites for hydroxylation is 1. The fraction of sp³-hybridized carbons (Fsp3) is 0.333. The Morgan fingerprint density at radius 3 is 2.31 bits per heavy atom. The number of benzene rings is 2. The summed E-state index contributed by atoms with van der Waals surface area (Å²) in [6.07, 6.45) is 0.711. The van der Waals surface area contributed by atoms with Crippen molar-refractivity contribution in [3.8, 4) is 0 Å². The molecule has 0 bridgehead atoms. The topological polar surface area (TPSA) is 66.4 Å². The van der Waals surface area contributed by atoms with E-state index in [1.54, 1.807) is 4.31 Å². The van der Waals surface area contributed by atoms with E-state index in [1.165, 1.54) is 22.7 Å². The van der Waals surface area contributed by atoms with E-state index in [1.807, 2.05) is 30.3 Å². The highest BCUT2D eigenvalue weighted by atomic mass is 32.2. The van der Waals surface area contributed by atoms with E-state index < -0.39 is 10.0 Å². The fourth-order valence-corrected chi connectivity index (χ4v) is 5.62. The molecule has 4 rings (SSSR count). The molecule has 0 amide bonds. The molecule has 0 unspecified atom stereocenters. The number of anilines is 1. The lowest BCUT2D eigenvalue weighted by atomic mass is 10.1. The van der Waals surface area contributed by atoms with Gasteiger partial charge in [-0.25, -0.2) is 13.4 Å². The molecule has 1 aromatic heterocycles. The molecule has 0 N–H and O–H groups in total. The summed E-state index contributed by atoms with van der Waals surface area (Å²) in [5.74, 6) is 0.862. The van der Waals surface area contributed by atoms with Crippen LogP contribution in [0.5, 0.6) is 0 Å². The molecule has 2 heterocycles. The van der Waals surface area contributed by atoms with Crippen molar-refractivity contribution in [2.75, 3.05) is 31.1 Å². The number of hydrogen-bond donors (Lipinski definition) is 0. The molecule has 1 saturated heterocycles. The lowest BCUT2D eigenvalue weighted by molar-refractivity contribution is 0.384. The van der Waals surface area contributed by atoms with Crippen molar-refractivity contribution in [1.82, 2.24) is 13.7 Å². The zero-order chi connectivity index (χ0) is 20.3. The number of piperazine rings is 1. The highest BCUT2D eigenvalue weighted by Gasteiger charge is 2.28. The van der Waals surface area contributed by atoms with Crippen LogP contribution in [0.2, 0.25) is 0 Å². The van der Waals surface area contributed by atoms with E-state index in [2.05, 4.69) is 45.4 Å². The molecule has 8 heteroatoms. The van der Waals surface area contributed by atoms with Gasteiger partial charge < -0.3 is 4.90 Å². The quantitative estimate of drug-likeness (QED) is 0.604. The summed E-state index contributed by atoms with van der Waals surface area (Å²) < 4.78 is 31.5. The molecular formula is C21H24N4O2S2. The Kier molecular flexibility index (Phi) is 5.94. The summed E-state index contributed by atoms with van der Waals surface area (Å²) in [4.78, 5) is 6.80. The van der Waals surface area contributed by atoms with Gasteiger partial charge in [0.15, 0.2) is 0 Å². The van der Waals surface area contributed by atoms with Gasteiger partial charge in [0.05, 0.1) is 5.75 Å². The van der Waals surface area contributed by atoms with Crippen molar-refractivity contribution in [2.45, 2.75) is 19.1 Å². The molecule has 0 aliphatic carbocycles. The summed E-state index contributed by atoms with van der Waals surface area (Å²) in [6, 6.07) is 17.7. The number of rotatable bonds is 6. The minimum Gasteiger partial charge on any atom is -0.344 e. The Balaban J connectivity index is 1.35.